The number of carbonyl (C=O) groups is 2. The fourth-order valence-corrected chi connectivity index (χ4v) is 10.4. The van der Waals surface area contributed by atoms with Gasteiger partial charge in [-0.1, -0.05) is 231 Å². The lowest BCUT2D eigenvalue weighted by atomic mass is 10.0. The van der Waals surface area contributed by atoms with Crippen LogP contribution in [0.1, 0.15) is 271 Å². The monoisotopic (exact) mass is 1120 g/mol. The van der Waals surface area contributed by atoms with E-state index >= 15 is 0 Å². The summed E-state index contributed by atoms with van der Waals surface area (Å²) < 4.78 is 16.6. The van der Waals surface area contributed by atoms with Crippen molar-refractivity contribution < 1.29 is 62.2 Å². The van der Waals surface area contributed by atoms with Crippen LogP contribution in [0, 0.1) is 0 Å². The number of hydrogen-bond acceptors (Lipinski definition) is 4. The second kappa shape index (κ2) is 44.5. The number of benzene rings is 2. The summed E-state index contributed by atoms with van der Waals surface area (Å²) in [6.45, 7) is 6.41. The summed E-state index contributed by atoms with van der Waals surface area (Å²) in [6.07, 6.45) is 54.4. The molecule has 0 atom stereocenters. The van der Waals surface area contributed by atoms with Gasteiger partial charge in [-0.15, -0.1) is 0 Å². The average molecular weight is 1120 g/mol. The normalized spacial score (nSPS) is 11.2. The number of ether oxygens (including phenoxy) is 2. The Morgan fingerprint density at radius 2 is 0.583 bits per heavy atom. The van der Waals surface area contributed by atoms with Crippen molar-refractivity contribution in [2.75, 3.05) is 0 Å². The minimum Gasteiger partial charge on any atom is -1.00 e. The summed E-state index contributed by atoms with van der Waals surface area (Å²) in [5.41, 5.74) is 2.05. The average Bonchev–Trinajstić information content (AvgIpc) is 3.37. The highest BCUT2D eigenvalue weighted by Crippen LogP contribution is 2.25. The number of nitrogens with zero attached hydrogens (tertiary/aromatic N) is 2. The molecule has 0 radical (unpaired) electrons. The molecule has 0 N–H and O–H groups in total. The Balaban J connectivity index is 0.00000888. The number of hydrogen-bond donors (Lipinski definition) is 0. The zero-order valence-corrected chi connectivity index (χ0v) is 49.1. The van der Waals surface area contributed by atoms with Crippen LogP contribution in [-0.4, -0.2) is 11.9 Å². The number of rotatable bonds is 45. The van der Waals surface area contributed by atoms with Gasteiger partial charge in [0.1, 0.15) is 13.1 Å². The highest BCUT2D eigenvalue weighted by Gasteiger charge is 2.19. The van der Waals surface area contributed by atoms with Gasteiger partial charge in [-0.05, 0) is 62.1 Å². The molecule has 8 heteroatoms. The number of unbranched alkanes of at least 4 members (excludes halogenated alkanes) is 35. The molecule has 2 aromatic heterocycles. The molecule has 0 aliphatic rings. The van der Waals surface area contributed by atoms with Crippen molar-refractivity contribution in [3.63, 3.8) is 0 Å². The van der Waals surface area contributed by atoms with Crippen molar-refractivity contribution in [3.8, 4) is 11.5 Å². The minimum absolute atomic E-state index is 0. The van der Waals surface area contributed by atoms with Gasteiger partial charge >= 0.3 is 11.9 Å². The SMILES string of the molecule is CCCCCCCCCCCCCCCCCC(=O)Oc1cccc2ccc[n+](CCCCCCCCCC[n+]3cccc4cccc(OC(=O)CCCCCCCCCCCCCCCCC)c43)c12.[Br-].[Br-]. The maximum Gasteiger partial charge on any atom is 0.311 e. The number of fused-ring (bicyclic) bond motifs is 2. The van der Waals surface area contributed by atoms with Crippen molar-refractivity contribution in [2.24, 2.45) is 0 Å². The fourth-order valence-electron chi connectivity index (χ4n) is 10.4. The Labute approximate surface area is 461 Å². The number of halogens is 2. The van der Waals surface area contributed by atoms with Gasteiger partial charge in [0, 0.05) is 37.8 Å². The van der Waals surface area contributed by atoms with Gasteiger partial charge in [0.05, 0.1) is 10.8 Å². The van der Waals surface area contributed by atoms with Crippen LogP contribution in [0.3, 0.4) is 0 Å². The summed E-state index contributed by atoms with van der Waals surface area (Å²) in [5.74, 6) is 1.15. The largest absolute Gasteiger partial charge is 1.00 e. The molecule has 0 spiro atoms. The van der Waals surface area contributed by atoms with Crippen molar-refractivity contribution in [1.82, 2.24) is 0 Å². The zero-order chi connectivity index (χ0) is 49.4. The number of para-hydroxylation sites is 2. The van der Waals surface area contributed by atoms with Crippen molar-refractivity contribution in [1.29, 1.82) is 0 Å². The van der Waals surface area contributed by atoms with Gasteiger partial charge < -0.3 is 43.4 Å². The molecule has 0 bridgehead atoms. The summed E-state index contributed by atoms with van der Waals surface area (Å²) >= 11 is 0. The Kier molecular flexibility index (Phi) is 40.3. The molecular formula is C64H102Br2N2O4. The highest BCUT2D eigenvalue weighted by atomic mass is 79.9. The van der Waals surface area contributed by atoms with E-state index in [1.54, 1.807) is 0 Å². The van der Waals surface area contributed by atoms with E-state index < -0.39 is 0 Å². The van der Waals surface area contributed by atoms with E-state index in [9.17, 15) is 9.59 Å². The third-order valence-electron chi connectivity index (χ3n) is 14.7. The lowest BCUT2D eigenvalue weighted by Crippen LogP contribution is -3.00. The molecule has 0 saturated heterocycles. The molecule has 0 saturated carbocycles. The smallest absolute Gasteiger partial charge is 0.311 e. The summed E-state index contributed by atoms with van der Waals surface area (Å²) in [7, 11) is 0. The number of esters is 2. The minimum atomic E-state index is -0.112. The van der Waals surface area contributed by atoms with Gasteiger partial charge in [0.25, 0.3) is 11.0 Å². The first-order valence-electron chi connectivity index (χ1n) is 29.8. The fraction of sp³-hybridized carbons (Fsp3) is 0.688. The molecule has 0 fully saturated rings. The molecule has 0 aliphatic carbocycles. The molecule has 0 unspecified atom stereocenters. The van der Waals surface area contributed by atoms with Gasteiger partial charge in [-0.2, -0.15) is 9.13 Å². The Morgan fingerprint density at radius 3 is 0.875 bits per heavy atom. The van der Waals surface area contributed by atoms with Crippen LogP contribution in [0.25, 0.3) is 21.8 Å². The topological polar surface area (TPSA) is 60.4 Å². The number of aromatic nitrogens is 2. The zero-order valence-electron chi connectivity index (χ0n) is 45.9. The van der Waals surface area contributed by atoms with Crippen molar-refractivity contribution in [2.45, 2.75) is 284 Å². The van der Waals surface area contributed by atoms with Gasteiger partial charge in [0.2, 0.25) is 11.5 Å². The van der Waals surface area contributed by atoms with Gasteiger partial charge in [0.15, 0.2) is 12.4 Å². The van der Waals surface area contributed by atoms with E-state index in [1.807, 2.05) is 24.3 Å². The predicted octanol–water partition coefficient (Wildman–Crippen LogP) is 12.7. The molecule has 2 heterocycles. The molecule has 406 valence electrons. The van der Waals surface area contributed by atoms with Crippen LogP contribution >= 0.6 is 0 Å². The standard InChI is InChI=1S/C64H102N2O4.2BrH/c1-3-5-7-9-11-13-15-17-19-21-23-25-29-33-37-51-61(67)69-59-49-41-45-57-47-43-55-65(63(57)59)53-39-35-31-27-28-32-36-40-54-66-56-44-48-58-46-42-50-60(64(58)66)70-62(68)52-38-34-30-26-24-22-20-18-16-14-12-10-8-6-4-2;;/h41-50,55-56H,3-40,51-54H2,1-2H3;2*1H/q+2;;/p-2. The molecule has 6 nitrogen and oxygen atoms in total. The second-order valence-corrected chi connectivity index (χ2v) is 21.0. The molecule has 72 heavy (non-hydrogen) atoms. The summed E-state index contributed by atoms with van der Waals surface area (Å²) in [4.78, 5) is 25.9. The predicted molar refractivity (Wildman–Crippen MR) is 296 cm³/mol. The Morgan fingerprint density at radius 1 is 0.333 bits per heavy atom. The van der Waals surface area contributed by atoms with E-state index in [1.165, 1.54) is 205 Å². The molecule has 2 aromatic carbocycles. The van der Waals surface area contributed by atoms with E-state index in [0.717, 1.165) is 73.4 Å². The number of pyridine rings is 2. The maximum atomic E-state index is 13.0. The van der Waals surface area contributed by atoms with Gasteiger partial charge in [-0.3, -0.25) is 9.59 Å². The van der Waals surface area contributed by atoms with Crippen molar-refractivity contribution >= 4 is 33.7 Å². The lowest BCUT2D eigenvalue weighted by Gasteiger charge is -2.08. The van der Waals surface area contributed by atoms with E-state index in [0.29, 0.717) is 24.3 Å². The lowest BCUT2D eigenvalue weighted by molar-refractivity contribution is -0.672. The molecule has 4 aromatic rings. The first-order valence-corrected chi connectivity index (χ1v) is 29.8. The molecule has 0 amide bonds. The number of carbonyl (C=O) groups excluding carboxylic acids is 2. The maximum absolute atomic E-state index is 13.0. The molecule has 4 rings (SSSR count). The first kappa shape index (κ1) is 65.3. The Bertz CT molecular complexity index is 1800. The molecular weight excluding hydrogens is 1020 g/mol. The van der Waals surface area contributed by atoms with Crippen molar-refractivity contribution in [3.05, 3.63) is 73.1 Å². The van der Waals surface area contributed by atoms with Crippen LogP contribution in [0.15, 0.2) is 73.1 Å². The van der Waals surface area contributed by atoms with Crippen LogP contribution in [0.2, 0.25) is 0 Å². The van der Waals surface area contributed by atoms with E-state index in [2.05, 4.69) is 71.8 Å². The van der Waals surface area contributed by atoms with Crippen LogP contribution in [0.4, 0.5) is 0 Å². The van der Waals surface area contributed by atoms with E-state index in [4.69, 9.17) is 9.47 Å². The summed E-state index contributed by atoms with van der Waals surface area (Å²) in [5, 5.41) is 2.23. The first-order chi connectivity index (χ1) is 34.6. The van der Waals surface area contributed by atoms with E-state index in [-0.39, 0.29) is 45.9 Å². The van der Waals surface area contributed by atoms with Crippen LogP contribution < -0.4 is 52.6 Å². The summed E-state index contributed by atoms with van der Waals surface area (Å²) in [6, 6.07) is 20.6. The van der Waals surface area contributed by atoms with Crippen LogP contribution in [-0.2, 0) is 22.7 Å². The third-order valence-corrected chi connectivity index (χ3v) is 14.7. The quantitative estimate of drug-likeness (QED) is 0.0192. The highest BCUT2D eigenvalue weighted by molar-refractivity contribution is 5.85. The number of aryl methyl sites for hydroxylation is 2. The Hall–Kier alpha value is -2.84. The third kappa shape index (κ3) is 29.3. The second-order valence-electron chi connectivity index (χ2n) is 21.0. The van der Waals surface area contributed by atoms with Gasteiger partial charge in [-0.25, -0.2) is 0 Å². The van der Waals surface area contributed by atoms with Crippen LogP contribution in [0.5, 0.6) is 11.5 Å². The molecule has 0 aliphatic heterocycles.